The average Bonchev–Trinajstić information content (AvgIpc) is 2.61. The van der Waals surface area contributed by atoms with Crippen LogP contribution in [0.5, 0.6) is 0 Å². The molecule has 1 aliphatic rings. The van der Waals surface area contributed by atoms with Crippen molar-refractivity contribution in [1.29, 1.82) is 0 Å². The van der Waals surface area contributed by atoms with Gasteiger partial charge in [-0.3, -0.25) is 0 Å². The normalized spacial score (nSPS) is 28.6. The molecule has 2 heteroatoms. The van der Waals surface area contributed by atoms with Gasteiger partial charge >= 0.3 is 0 Å². The van der Waals surface area contributed by atoms with E-state index in [1.807, 2.05) is 0 Å². The van der Waals surface area contributed by atoms with Gasteiger partial charge in [-0.1, -0.05) is 0 Å². The van der Waals surface area contributed by atoms with Crippen LogP contribution < -0.4 is 5.32 Å². The van der Waals surface area contributed by atoms with Gasteiger partial charge in [0.05, 0.1) is 0 Å². The van der Waals surface area contributed by atoms with Crippen molar-refractivity contribution >= 4 is 11.8 Å². The highest BCUT2D eigenvalue weighted by Crippen LogP contribution is 2.41. The molecule has 2 unspecified atom stereocenters. The minimum atomic E-state index is 0.448. The molecule has 0 spiro atoms. The van der Waals surface area contributed by atoms with E-state index in [-0.39, 0.29) is 0 Å². The van der Waals surface area contributed by atoms with Gasteiger partial charge in [0.25, 0.3) is 0 Å². The third-order valence-electron chi connectivity index (χ3n) is 3.15. The van der Waals surface area contributed by atoms with E-state index in [1.54, 1.807) is 0 Å². The van der Waals surface area contributed by atoms with E-state index in [0.29, 0.717) is 10.8 Å². The van der Waals surface area contributed by atoms with Crippen LogP contribution in [-0.2, 0) is 0 Å². The summed E-state index contributed by atoms with van der Waals surface area (Å²) in [7, 11) is 2.07. The van der Waals surface area contributed by atoms with E-state index in [0.717, 1.165) is 12.8 Å². The first-order chi connectivity index (χ1) is 6.73. The molecule has 1 aliphatic heterocycles. The van der Waals surface area contributed by atoms with Crippen LogP contribution in [0.15, 0.2) is 0 Å². The van der Waals surface area contributed by atoms with E-state index in [2.05, 4.69) is 37.0 Å². The Labute approximate surface area is 92.4 Å². The van der Waals surface area contributed by atoms with Gasteiger partial charge in [-0.25, -0.2) is 0 Å². The maximum absolute atomic E-state index is 5.27. The number of terminal acetylenes is 1. The van der Waals surface area contributed by atoms with Gasteiger partial charge in [0, 0.05) is 17.2 Å². The fourth-order valence-electron chi connectivity index (χ4n) is 2.24. The minimum absolute atomic E-state index is 0.448. The van der Waals surface area contributed by atoms with Gasteiger partial charge in [0.1, 0.15) is 0 Å². The van der Waals surface area contributed by atoms with Gasteiger partial charge in [-0.15, -0.1) is 12.3 Å². The summed E-state index contributed by atoms with van der Waals surface area (Å²) >= 11 is 2.12. The highest BCUT2D eigenvalue weighted by Gasteiger charge is 2.36. The van der Waals surface area contributed by atoms with Crippen molar-refractivity contribution in [2.45, 2.75) is 49.8 Å². The lowest BCUT2D eigenvalue weighted by Gasteiger charge is -2.33. The smallest absolute Gasteiger partial charge is 0.0285 e. The second kappa shape index (κ2) is 5.68. The van der Waals surface area contributed by atoms with Gasteiger partial charge in [0.15, 0.2) is 0 Å². The van der Waals surface area contributed by atoms with Crippen molar-refractivity contribution < 1.29 is 0 Å². The molecule has 0 bridgehead atoms. The Morgan fingerprint density at radius 1 is 1.64 bits per heavy atom. The molecule has 1 nitrogen and oxygen atoms in total. The molecule has 1 saturated heterocycles. The predicted molar refractivity (Wildman–Crippen MR) is 65.6 cm³/mol. The van der Waals surface area contributed by atoms with Crippen molar-refractivity contribution in [3.8, 4) is 12.3 Å². The SMILES string of the molecule is C#CCCCC(NC)C1(C)CCCS1. The van der Waals surface area contributed by atoms with E-state index < -0.39 is 0 Å². The van der Waals surface area contributed by atoms with Crippen LogP contribution in [0.1, 0.15) is 39.0 Å². The minimum Gasteiger partial charge on any atom is -0.316 e. The van der Waals surface area contributed by atoms with Crippen molar-refractivity contribution in [3.05, 3.63) is 0 Å². The number of thioether (sulfide) groups is 1. The summed E-state index contributed by atoms with van der Waals surface area (Å²) in [4.78, 5) is 0. The zero-order valence-electron chi connectivity index (χ0n) is 9.31. The van der Waals surface area contributed by atoms with Crippen LogP contribution in [0.3, 0.4) is 0 Å². The van der Waals surface area contributed by atoms with Crippen molar-refractivity contribution in [1.82, 2.24) is 5.32 Å². The highest BCUT2D eigenvalue weighted by atomic mass is 32.2. The third kappa shape index (κ3) is 2.93. The predicted octanol–water partition coefficient (Wildman–Crippen LogP) is 2.66. The first-order valence-corrected chi connectivity index (χ1v) is 6.46. The molecule has 2 atom stereocenters. The molecule has 0 radical (unpaired) electrons. The monoisotopic (exact) mass is 211 g/mol. The van der Waals surface area contributed by atoms with Crippen LogP contribution in [0.25, 0.3) is 0 Å². The third-order valence-corrected chi connectivity index (χ3v) is 4.79. The van der Waals surface area contributed by atoms with Gasteiger partial charge in [0.2, 0.25) is 0 Å². The molecular weight excluding hydrogens is 190 g/mol. The Kier molecular flexibility index (Phi) is 4.84. The lowest BCUT2D eigenvalue weighted by atomic mass is 9.92. The Morgan fingerprint density at radius 3 is 2.93 bits per heavy atom. The summed E-state index contributed by atoms with van der Waals surface area (Å²) < 4.78 is 0.448. The first-order valence-electron chi connectivity index (χ1n) is 5.47. The van der Waals surface area contributed by atoms with E-state index in [1.165, 1.54) is 25.0 Å². The maximum Gasteiger partial charge on any atom is 0.0285 e. The summed E-state index contributed by atoms with van der Waals surface area (Å²) in [6, 6.07) is 0.628. The highest BCUT2D eigenvalue weighted by molar-refractivity contribution is 8.00. The van der Waals surface area contributed by atoms with Crippen molar-refractivity contribution in [2.75, 3.05) is 12.8 Å². The molecule has 0 aromatic rings. The lowest BCUT2D eigenvalue weighted by molar-refractivity contribution is 0.397. The molecule has 0 aliphatic carbocycles. The summed E-state index contributed by atoms with van der Waals surface area (Å²) in [5.41, 5.74) is 0. The zero-order valence-corrected chi connectivity index (χ0v) is 10.1. The number of hydrogen-bond acceptors (Lipinski definition) is 2. The lowest BCUT2D eigenvalue weighted by Crippen LogP contribution is -2.43. The Balaban J connectivity index is 2.40. The molecule has 14 heavy (non-hydrogen) atoms. The number of unbranched alkanes of at least 4 members (excludes halogenated alkanes) is 1. The summed E-state index contributed by atoms with van der Waals surface area (Å²) in [6.07, 6.45) is 11.3. The van der Waals surface area contributed by atoms with Crippen LogP contribution >= 0.6 is 11.8 Å². The molecular formula is C12H21NS. The van der Waals surface area contributed by atoms with E-state index in [9.17, 15) is 0 Å². The first kappa shape index (κ1) is 11.9. The quantitative estimate of drug-likeness (QED) is 0.554. The number of nitrogens with one attached hydrogen (secondary N) is 1. The number of rotatable bonds is 5. The van der Waals surface area contributed by atoms with Crippen LogP contribution in [0.2, 0.25) is 0 Å². The summed E-state index contributed by atoms with van der Waals surface area (Å²) in [5.74, 6) is 4.04. The Hall–Kier alpha value is -0.130. The van der Waals surface area contributed by atoms with Gasteiger partial charge < -0.3 is 5.32 Å². The fourth-order valence-corrected chi connectivity index (χ4v) is 3.72. The van der Waals surface area contributed by atoms with E-state index in [4.69, 9.17) is 6.42 Å². The van der Waals surface area contributed by atoms with Gasteiger partial charge in [-0.2, -0.15) is 11.8 Å². The molecule has 0 amide bonds. The maximum atomic E-state index is 5.27. The molecule has 1 N–H and O–H groups in total. The summed E-state index contributed by atoms with van der Waals surface area (Å²) in [5, 5.41) is 3.45. The van der Waals surface area contributed by atoms with Gasteiger partial charge in [-0.05, 0) is 45.4 Å². The van der Waals surface area contributed by atoms with Crippen molar-refractivity contribution in [3.63, 3.8) is 0 Å². The second-order valence-corrected chi connectivity index (χ2v) is 5.83. The number of hydrogen-bond donors (Lipinski definition) is 1. The molecule has 0 aromatic heterocycles. The Morgan fingerprint density at radius 2 is 2.43 bits per heavy atom. The van der Waals surface area contributed by atoms with Crippen molar-refractivity contribution in [2.24, 2.45) is 0 Å². The molecule has 1 heterocycles. The standard InChI is InChI=1S/C12H21NS/c1-4-5-6-8-11(13-3)12(2)9-7-10-14-12/h1,11,13H,5-10H2,2-3H3. The Bertz CT molecular complexity index is 201. The molecule has 0 saturated carbocycles. The zero-order chi connectivity index (χ0) is 10.4. The molecule has 0 aromatic carbocycles. The topological polar surface area (TPSA) is 12.0 Å². The van der Waals surface area contributed by atoms with Crippen LogP contribution in [-0.4, -0.2) is 23.6 Å². The van der Waals surface area contributed by atoms with Crippen LogP contribution in [0, 0.1) is 12.3 Å². The summed E-state index contributed by atoms with van der Waals surface area (Å²) in [6.45, 7) is 2.39. The molecule has 80 valence electrons. The van der Waals surface area contributed by atoms with E-state index >= 15 is 0 Å². The largest absolute Gasteiger partial charge is 0.316 e. The molecule has 1 rings (SSSR count). The second-order valence-electron chi connectivity index (χ2n) is 4.20. The van der Waals surface area contributed by atoms with Crippen LogP contribution in [0.4, 0.5) is 0 Å². The molecule has 1 fully saturated rings. The average molecular weight is 211 g/mol. The fraction of sp³-hybridized carbons (Fsp3) is 0.833.